The van der Waals surface area contributed by atoms with Crippen LogP contribution in [0.5, 0.6) is 0 Å². The van der Waals surface area contributed by atoms with Crippen LogP contribution in [0.2, 0.25) is 0 Å². The molecule has 120 valence electrons. The van der Waals surface area contributed by atoms with Crippen molar-refractivity contribution in [1.29, 1.82) is 0 Å². The Labute approximate surface area is 135 Å². The summed E-state index contributed by atoms with van der Waals surface area (Å²) in [6, 6.07) is 0. The van der Waals surface area contributed by atoms with Crippen LogP contribution >= 0.6 is 15.9 Å². The van der Waals surface area contributed by atoms with Gasteiger partial charge in [0.2, 0.25) is 0 Å². The molecule has 1 heterocycles. The minimum absolute atomic E-state index is 0.0117. The number of aromatic nitrogens is 2. The molecule has 0 saturated heterocycles. The predicted molar refractivity (Wildman–Crippen MR) is 91.8 cm³/mol. The van der Waals surface area contributed by atoms with E-state index >= 15 is 0 Å². The minimum Gasteiger partial charge on any atom is -0.369 e. The summed E-state index contributed by atoms with van der Waals surface area (Å²) in [5, 5.41) is 4.31. The summed E-state index contributed by atoms with van der Waals surface area (Å²) in [6.07, 6.45) is 1.77. The van der Waals surface area contributed by atoms with E-state index in [1.54, 1.807) is 6.20 Å². The van der Waals surface area contributed by atoms with E-state index in [4.69, 9.17) is 5.73 Å². The number of hydrogen-bond donors (Lipinski definition) is 1. The molecule has 0 radical (unpaired) electrons. The molecule has 2 N–H and O–H groups in total. The molecule has 1 aromatic heterocycles. The Balaban J connectivity index is 3.12. The SMILES string of the molecule is CCN(CC(C)(C)CN)c1cnn(CC(C)C)c(=O)c1Br. The second kappa shape index (κ2) is 7.40. The highest BCUT2D eigenvalue weighted by Gasteiger charge is 2.22. The lowest BCUT2D eigenvalue weighted by Gasteiger charge is -2.33. The zero-order chi connectivity index (χ0) is 16.2. The molecule has 0 aliphatic rings. The molecule has 0 atom stereocenters. The van der Waals surface area contributed by atoms with Gasteiger partial charge in [0.25, 0.3) is 5.56 Å². The van der Waals surface area contributed by atoms with E-state index in [9.17, 15) is 4.79 Å². The van der Waals surface area contributed by atoms with Crippen LogP contribution in [-0.4, -0.2) is 29.4 Å². The second-order valence-electron chi connectivity index (χ2n) is 6.61. The molecule has 0 amide bonds. The maximum Gasteiger partial charge on any atom is 0.283 e. The first-order valence-electron chi connectivity index (χ1n) is 7.42. The molecule has 0 fully saturated rings. The summed E-state index contributed by atoms with van der Waals surface area (Å²) in [6.45, 7) is 13.3. The molecule has 0 aromatic carbocycles. The molecule has 21 heavy (non-hydrogen) atoms. The Hall–Kier alpha value is -0.880. The van der Waals surface area contributed by atoms with E-state index < -0.39 is 0 Å². The largest absolute Gasteiger partial charge is 0.369 e. The van der Waals surface area contributed by atoms with Gasteiger partial charge in [-0.25, -0.2) is 4.68 Å². The van der Waals surface area contributed by atoms with E-state index in [1.165, 1.54) is 4.68 Å². The summed E-state index contributed by atoms with van der Waals surface area (Å²) >= 11 is 3.45. The number of halogens is 1. The average Bonchev–Trinajstić information content (AvgIpc) is 2.41. The fourth-order valence-electron chi connectivity index (χ4n) is 2.10. The first kappa shape index (κ1) is 18.2. The van der Waals surface area contributed by atoms with Crippen molar-refractivity contribution in [2.45, 2.75) is 41.2 Å². The van der Waals surface area contributed by atoms with E-state index in [2.05, 4.69) is 60.5 Å². The molecule has 1 rings (SSSR count). The zero-order valence-corrected chi connectivity index (χ0v) is 15.3. The lowest BCUT2D eigenvalue weighted by molar-refractivity contribution is 0.379. The molecule has 0 saturated carbocycles. The van der Waals surface area contributed by atoms with Crippen LogP contribution in [0.15, 0.2) is 15.5 Å². The van der Waals surface area contributed by atoms with Gasteiger partial charge in [-0.3, -0.25) is 4.79 Å². The summed E-state index contributed by atoms with van der Waals surface area (Å²) in [5.41, 5.74) is 6.56. The van der Waals surface area contributed by atoms with Crippen LogP contribution in [0.3, 0.4) is 0 Å². The number of rotatable bonds is 7. The van der Waals surface area contributed by atoms with Gasteiger partial charge in [0, 0.05) is 19.6 Å². The monoisotopic (exact) mass is 358 g/mol. The number of nitrogens with two attached hydrogens (primary N) is 1. The Morgan fingerprint density at radius 2 is 2.10 bits per heavy atom. The van der Waals surface area contributed by atoms with Gasteiger partial charge >= 0.3 is 0 Å². The zero-order valence-electron chi connectivity index (χ0n) is 13.7. The van der Waals surface area contributed by atoms with Crippen molar-refractivity contribution in [2.75, 3.05) is 24.5 Å². The fraction of sp³-hybridized carbons (Fsp3) is 0.733. The van der Waals surface area contributed by atoms with Gasteiger partial charge in [0.05, 0.1) is 11.9 Å². The highest BCUT2D eigenvalue weighted by atomic mass is 79.9. The third kappa shape index (κ3) is 4.81. The summed E-state index contributed by atoms with van der Waals surface area (Å²) in [7, 11) is 0. The van der Waals surface area contributed by atoms with Crippen LogP contribution in [0.4, 0.5) is 5.69 Å². The summed E-state index contributed by atoms with van der Waals surface area (Å²) < 4.78 is 2.09. The molecule has 5 nitrogen and oxygen atoms in total. The predicted octanol–water partition coefficient (Wildman–Crippen LogP) is 2.47. The van der Waals surface area contributed by atoms with Crippen molar-refractivity contribution in [3.63, 3.8) is 0 Å². The molecule has 6 heteroatoms. The van der Waals surface area contributed by atoms with Crippen molar-refractivity contribution >= 4 is 21.6 Å². The third-order valence-electron chi connectivity index (χ3n) is 3.40. The Bertz CT molecular complexity index is 525. The fourth-order valence-corrected chi connectivity index (χ4v) is 2.66. The van der Waals surface area contributed by atoms with Crippen molar-refractivity contribution in [2.24, 2.45) is 17.1 Å². The Morgan fingerprint density at radius 1 is 1.48 bits per heavy atom. The first-order chi connectivity index (χ1) is 9.71. The van der Waals surface area contributed by atoms with Crippen LogP contribution < -0.4 is 16.2 Å². The van der Waals surface area contributed by atoms with Gasteiger partial charge in [-0.2, -0.15) is 5.10 Å². The van der Waals surface area contributed by atoms with Gasteiger partial charge in [0.1, 0.15) is 4.47 Å². The van der Waals surface area contributed by atoms with Gasteiger partial charge in [-0.1, -0.05) is 27.7 Å². The smallest absolute Gasteiger partial charge is 0.283 e. The van der Waals surface area contributed by atoms with Crippen LogP contribution in [0.25, 0.3) is 0 Å². The quantitative estimate of drug-likeness (QED) is 0.812. The highest BCUT2D eigenvalue weighted by Crippen LogP contribution is 2.25. The maximum absolute atomic E-state index is 12.4. The van der Waals surface area contributed by atoms with E-state index in [-0.39, 0.29) is 11.0 Å². The van der Waals surface area contributed by atoms with Gasteiger partial charge < -0.3 is 10.6 Å². The lowest BCUT2D eigenvalue weighted by atomic mass is 9.93. The summed E-state index contributed by atoms with van der Waals surface area (Å²) in [5.74, 6) is 0.381. The molecule has 0 spiro atoms. The molecular formula is C15H27BrN4O. The van der Waals surface area contributed by atoms with Crippen molar-refractivity contribution < 1.29 is 0 Å². The van der Waals surface area contributed by atoms with Gasteiger partial charge in [-0.05, 0) is 40.7 Å². The van der Waals surface area contributed by atoms with Gasteiger partial charge in [0.15, 0.2) is 0 Å². The normalized spacial score (nSPS) is 12.0. The third-order valence-corrected chi connectivity index (χ3v) is 4.14. The summed E-state index contributed by atoms with van der Waals surface area (Å²) in [4.78, 5) is 14.5. The van der Waals surface area contributed by atoms with Crippen molar-refractivity contribution in [1.82, 2.24) is 9.78 Å². The molecule has 0 aliphatic heterocycles. The molecule has 0 unspecified atom stereocenters. The minimum atomic E-state index is -0.0785. The first-order valence-corrected chi connectivity index (χ1v) is 8.21. The number of nitrogens with zero attached hydrogens (tertiary/aromatic N) is 3. The second-order valence-corrected chi connectivity index (χ2v) is 7.40. The molecule has 1 aromatic rings. The van der Waals surface area contributed by atoms with Crippen LogP contribution in [0.1, 0.15) is 34.6 Å². The molecular weight excluding hydrogens is 332 g/mol. The standard InChI is InChI=1S/C15H27BrN4O/c1-6-19(10-15(4,5)9-17)12-7-18-20(8-11(2)3)14(21)13(12)16/h7,11H,6,8-10,17H2,1-5H3. The van der Waals surface area contributed by atoms with Crippen molar-refractivity contribution in [3.8, 4) is 0 Å². The topological polar surface area (TPSA) is 64.2 Å². The highest BCUT2D eigenvalue weighted by molar-refractivity contribution is 9.10. The van der Waals surface area contributed by atoms with E-state index in [1.807, 2.05) is 0 Å². The Kier molecular flexibility index (Phi) is 6.41. The Morgan fingerprint density at radius 3 is 2.57 bits per heavy atom. The molecule has 0 bridgehead atoms. The number of hydrogen-bond acceptors (Lipinski definition) is 4. The van der Waals surface area contributed by atoms with E-state index in [0.29, 0.717) is 23.5 Å². The van der Waals surface area contributed by atoms with Gasteiger partial charge in [-0.15, -0.1) is 0 Å². The maximum atomic E-state index is 12.4. The molecule has 0 aliphatic carbocycles. The van der Waals surface area contributed by atoms with Crippen molar-refractivity contribution in [3.05, 3.63) is 21.0 Å². The van der Waals surface area contributed by atoms with E-state index in [0.717, 1.165) is 18.8 Å². The average molecular weight is 359 g/mol. The van der Waals surface area contributed by atoms with Crippen LogP contribution in [-0.2, 0) is 6.54 Å². The van der Waals surface area contributed by atoms with Crippen LogP contribution in [0, 0.1) is 11.3 Å². The lowest BCUT2D eigenvalue weighted by Crippen LogP contribution is -2.40. The number of anilines is 1.